The van der Waals surface area contributed by atoms with Gasteiger partial charge in [0.2, 0.25) is 0 Å². The molecule has 0 unspecified atom stereocenters. The van der Waals surface area contributed by atoms with E-state index in [1.807, 2.05) is 53.4 Å². The number of rotatable bonds is 2. The molecule has 0 radical (unpaired) electrons. The molecule has 2 heterocycles. The van der Waals surface area contributed by atoms with E-state index in [1.54, 1.807) is 12.1 Å². The number of para-hydroxylation sites is 1. The first kappa shape index (κ1) is 15.6. The van der Waals surface area contributed by atoms with E-state index in [4.69, 9.17) is 0 Å². The lowest BCUT2D eigenvalue weighted by Crippen LogP contribution is -2.38. The summed E-state index contributed by atoms with van der Waals surface area (Å²) in [6.45, 7) is 1.47. The van der Waals surface area contributed by atoms with Crippen LogP contribution in [-0.4, -0.2) is 34.0 Å². The predicted molar refractivity (Wildman–Crippen MR) is 97.7 cm³/mol. The predicted octanol–water partition coefficient (Wildman–Crippen LogP) is 3.96. The maximum Gasteiger partial charge on any atom is 0.272 e. The number of carbonyl (C=O) groups excluding carboxylic acids is 1. The second-order valence-corrected chi connectivity index (χ2v) is 6.55. The molecule has 1 aromatic heterocycles. The summed E-state index contributed by atoms with van der Waals surface area (Å²) in [5.41, 5.74) is 2.60. The highest BCUT2D eigenvalue weighted by Gasteiger charge is 2.25. The highest BCUT2D eigenvalue weighted by molar-refractivity contribution is 5.95. The first-order valence-electron chi connectivity index (χ1n) is 8.65. The third-order valence-corrected chi connectivity index (χ3v) is 4.96. The van der Waals surface area contributed by atoms with Gasteiger partial charge in [-0.2, -0.15) is 0 Å². The van der Waals surface area contributed by atoms with Crippen LogP contribution in [0.5, 0.6) is 5.75 Å². The van der Waals surface area contributed by atoms with Crippen molar-refractivity contribution in [2.24, 2.45) is 0 Å². The highest BCUT2D eigenvalue weighted by atomic mass is 16.3. The summed E-state index contributed by atoms with van der Waals surface area (Å²) < 4.78 is 0. The van der Waals surface area contributed by atoms with Crippen LogP contribution < -0.4 is 0 Å². The molecule has 1 amide bonds. The topological polar surface area (TPSA) is 53.4 Å². The maximum atomic E-state index is 12.8. The molecule has 0 bridgehead atoms. The number of carbonyl (C=O) groups is 1. The molecule has 4 rings (SSSR count). The summed E-state index contributed by atoms with van der Waals surface area (Å²) in [6.07, 6.45) is 1.87. The van der Waals surface area contributed by atoms with Crippen molar-refractivity contribution < 1.29 is 9.90 Å². The average molecular weight is 332 g/mol. The second kappa shape index (κ2) is 6.55. The van der Waals surface area contributed by atoms with Gasteiger partial charge in [0.1, 0.15) is 11.4 Å². The number of aromatic hydroxyl groups is 1. The Morgan fingerprint density at radius 1 is 0.960 bits per heavy atom. The van der Waals surface area contributed by atoms with Crippen LogP contribution in [0.15, 0.2) is 60.7 Å². The minimum absolute atomic E-state index is 0.00918. The lowest BCUT2D eigenvalue weighted by Gasteiger charge is -2.32. The van der Waals surface area contributed by atoms with Crippen molar-refractivity contribution in [1.82, 2.24) is 9.88 Å². The SMILES string of the molecule is O=C(c1ccc2ccccc2n1)N1CCC(c2ccc(O)cc2)CC1. The van der Waals surface area contributed by atoms with Crippen LogP contribution >= 0.6 is 0 Å². The number of nitrogens with zero attached hydrogens (tertiary/aromatic N) is 2. The van der Waals surface area contributed by atoms with Gasteiger partial charge < -0.3 is 10.0 Å². The van der Waals surface area contributed by atoms with Crippen LogP contribution in [0.3, 0.4) is 0 Å². The molecule has 0 spiro atoms. The first-order valence-corrected chi connectivity index (χ1v) is 8.65. The quantitative estimate of drug-likeness (QED) is 0.773. The van der Waals surface area contributed by atoms with Gasteiger partial charge in [-0.15, -0.1) is 0 Å². The summed E-state index contributed by atoms with van der Waals surface area (Å²) in [5, 5.41) is 10.5. The normalized spacial score (nSPS) is 15.4. The average Bonchev–Trinajstić information content (AvgIpc) is 2.68. The minimum Gasteiger partial charge on any atom is -0.508 e. The zero-order valence-corrected chi connectivity index (χ0v) is 13.9. The van der Waals surface area contributed by atoms with Crippen LogP contribution in [-0.2, 0) is 0 Å². The zero-order chi connectivity index (χ0) is 17.2. The Morgan fingerprint density at radius 2 is 1.68 bits per heavy atom. The van der Waals surface area contributed by atoms with E-state index in [9.17, 15) is 9.90 Å². The van der Waals surface area contributed by atoms with Gasteiger partial charge >= 0.3 is 0 Å². The van der Waals surface area contributed by atoms with Gasteiger partial charge in [0.05, 0.1) is 5.52 Å². The van der Waals surface area contributed by atoms with Crippen LogP contribution in [0, 0.1) is 0 Å². The van der Waals surface area contributed by atoms with Gasteiger partial charge in [0.25, 0.3) is 5.91 Å². The summed E-state index contributed by atoms with van der Waals surface area (Å²) in [5.74, 6) is 0.739. The van der Waals surface area contributed by atoms with Crippen LogP contribution in [0.25, 0.3) is 10.9 Å². The molecule has 4 nitrogen and oxygen atoms in total. The van der Waals surface area contributed by atoms with E-state index in [0.717, 1.165) is 36.8 Å². The smallest absolute Gasteiger partial charge is 0.272 e. The van der Waals surface area contributed by atoms with Gasteiger partial charge in [-0.05, 0) is 48.6 Å². The molecule has 0 aliphatic carbocycles. The maximum absolute atomic E-state index is 12.8. The Labute approximate surface area is 146 Å². The number of benzene rings is 2. The summed E-state index contributed by atoms with van der Waals surface area (Å²) in [4.78, 5) is 19.2. The van der Waals surface area contributed by atoms with Gasteiger partial charge in [-0.25, -0.2) is 4.98 Å². The van der Waals surface area contributed by atoms with Crippen molar-refractivity contribution in [3.05, 3.63) is 71.9 Å². The fraction of sp³-hybridized carbons (Fsp3) is 0.238. The van der Waals surface area contributed by atoms with Crippen LogP contribution in [0.1, 0.15) is 34.8 Å². The molecule has 126 valence electrons. The number of aromatic nitrogens is 1. The summed E-state index contributed by atoms with van der Waals surface area (Å²) >= 11 is 0. The third-order valence-electron chi connectivity index (χ3n) is 4.96. The van der Waals surface area contributed by atoms with Gasteiger partial charge in [0.15, 0.2) is 0 Å². The molecule has 1 N–H and O–H groups in total. The number of phenolic OH excluding ortho intramolecular Hbond substituents is 1. The van der Waals surface area contributed by atoms with Gasteiger partial charge in [0, 0.05) is 18.5 Å². The summed E-state index contributed by atoms with van der Waals surface area (Å²) in [6, 6.07) is 19.0. The Bertz CT molecular complexity index is 897. The Kier molecular flexibility index (Phi) is 4.10. The number of fused-ring (bicyclic) bond motifs is 1. The van der Waals surface area contributed by atoms with E-state index in [1.165, 1.54) is 5.56 Å². The first-order chi connectivity index (χ1) is 12.2. The number of hydrogen-bond acceptors (Lipinski definition) is 3. The number of hydrogen-bond donors (Lipinski definition) is 1. The molecule has 25 heavy (non-hydrogen) atoms. The number of amides is 1. The standard InChI is InChI=1S/C21H20N2O2/c24-18-8-5-15(6-9-18)16-11-13-23(14-12-16)21(25)20-10-7-17-3-1-2-4-19(17)22-20/h1-10,16,24H,11-14H2. The third kappa shape index (κ3) is 3.20. The summed E-state index contributed by atoms with van der Waals surface area (Å²) in [7, 11) is 0. The van der Waals surface area contributed by atoms with Crippen molar-refractivity contribution in [3.8, 4) is 5.75 Å². The molecule has 1 aliphatic rings. The molecule has 0 atom stereocenters. The Morgan fingerprint density at radius 3 is 2.44 bits per heavy atom. The van der Waals surface area contributed by atoms with E-state index >= 15 is 0 Å². The molecular weight excluding hydrogens is 312 g/mol. The number of piperidine rings is 1. The molecule has 4 heteroatoms. The van der Waals surface area contributed by atoms with Crippen LogP contribution in [0.4, 0.5) is 0 Å². The number of likely N-dealkylation sites (tertiary alicyclic amines) is 1. The lowest BCUT2D eigenvalue weighted by atomic mass is 9.89. The Balaban J connectivity index is 1.46. The van der Waals surface area contributed by atoms with Crippen molar-refractivity contribution in [2.45, 2.75) is 18.8 Å². The van der Waals surface area contributed by atoms with E-state index in [0.29, 0.717) is 17.4 Å². The van der Waals surface area contributed by atoms with Crippen molar-refractivity contribution in [3.63, 3.8) is 0 Å². The molecule has 1 fully saturated rings. The molecule has 3 aromatic rings. The minimum atomic E-state index is 0.00918. The molecule has 2 aromatic carbocycles. The number of pyridine rings is 1. The second-order valence-electron chi connectivity index (χ2n) is 6.55. The fourth-order valence-corrected chi connectivity index (χ4v) is 3.51. The van der Waals surface area contributed by atoms with Gasteiger partial charge in [-0.1, -0.05) is 36.4 Å². The van der Waals surface area contributed by atoms with Crippen LogP contribution in [0.2, 0.25) is 0 Å². The highest BCUT2D eigenvalue weighted by Crippen LogP contribution is 2.29. The van der Waals surface area contributed by atoms with Crippen molar-refractivity contribution in [2.75, 3.05) is 13.1 Å². The largest absolute Gasteiger partial charge is 0.508 e. The van der Waals surface area contributed by atoms with E-state index in [-0.39, 0.29) is 5.91 Å². The monoisotopic (exact) mass is 332 g/mol. The Hall–Kier alpha value is -2.88. The number of phenols is 1. The van der Waals surface area contributed by atoms with E-state index in [2.05, 4.69) is 4.98 Å². The van der Waals surface area contributed by atoms with Gasteiger partial charge in [-0.3, -0.25) is 4.79 Å². The molecule has 1 saturated heterocycles. The molecule has 0 saturated carbocycles. The van der Waals surface area contributed by atoms with E-state index < -0.39 is 0 Å². The van der Waals surface area contributed by atoms with Crippen molar-refractivity contribution >= 4 is 16.8 Å². The zero-order valence-electron chi connectivity index (χ0n) is 13.9. The van der Waals surface area contributed by atoms with Crippen molar-refractivity contribution in [1.29, 1.82) is 0 Å². The fourth-order valence-electron chi connectivity index (χ4n) is 3.51. The molecule has 1 aliphatic heterocycles. The molecular formula is C21H20N2O2. The lowest BCUT2D eigenvalue weighted by molar-refractivity contribution is 0.0707.